The quantitative estimate of drug-likeness (QED) is 0.474. The lowest BCUT2D eigenvalue weighted by Gasteiger charge is -2.13. The Kier molecular flexibility index (Phi) is 5.26. The number of nitro benzene ring substituents is 1. The van der Waals surface area contributed by atoms with Crippen LogP contribution in [0.3, 0.4) is 0 Å². The normalized spacial score (nSPS) is 11.9. The van der Waals surface area contributed by atoms with Gasteiger partial charge in [0.05, 0.1) is 18.5 Å². The van der Waals surface area contributed by atoms with Crippen LogP contribution < -0.4 is 5.32 Å². The van der Waals surface area contributed by atoms with Crippen molar-refractivity contribution in [3.63, 3.8) is 0 Å². The SMILES string of the molecule is COC(=O)CCNC(C)c1cccc([N+](=O)[O-])c1. The first-order valence-electron chi connectivity index (χ1n) is 5.59. The molecule has 1 aromatic carbocycles. The third-order valence-electron chi connectivity index (χ3n) is 2.59. The summed E-state index contributed by atoms with van der Waals surface area (Å²) in [6.45, 7) is 2.35. The van der Waals surface area contributed by atoms with E-state index in [0.717, 1.165) is 5.56 Å². The zero-order valence-electron chi connectivity index (χ0n) is 10.4. The van der Waals surface area contributed by atoms with Gasteiger partial charge in [0.15, 0.2) is 0 Å². The minimum atomic E-state index is -0.426. The van der Waals surface area contributed by atoms with Crippen LogP contribution >= 0.6 is 0 Å². The van der Waals surface area contributed by atoms with E-state index >= 15 is 0 Å². The fourth-order valence-corrected chi connectivity index (χ4v) is 1.52. The zero-order chi connectivity index (χ0) is 13.5. The summed E-state index contributed by atoms with van der Waals surface area (Å²) in [5.41, 5.74) is 0.878. The van der Waals surface area contributed by atoms with Crippen LogP contribution in [0.15, 0.2) is 24.3 Å². The van der Waals surface area contributed by atoms with Crippen LogP contribution in [0.25, 0.3) is 0 Å². The average Bonchev–Trinajstić information content (AvgIpc) is 2.38. The Morgan fingerprint density at radius 2 is 2.28 bits per heavy atom. The van der Waals surface area contributed by atoms with E-state index in [2.05, 4.69) is 10.1 Å². The molecule has 1 N–H and O–H groups in total. The van der Waals surface area contributed by atoms with Crippen molar-refractivity contribution in [2.75, 3.05) is 13.7 Å². The van der Waals surface area contributed by atoms with Gasteiger partial charge in [0.1, 0.15) is 0 Å². The van der Waals surface area contributed by atoms with Crippen molar-refractivity contribution in [1.29, 1.82) is 0 Å². The van der Waals surface area contributed by atoms with Crippen molar-refractivity contribution in [2.24, 2.45) is 0 Å². The van der Waals surface area contributed by atoms with Crippen LogP contribution in [-0.2, 0) is 9.53 Å². The molecule has 0 spiro atoms. The molecule has 0 aromatic heterocycles. The third kappa shape index (κ3) is 4.14. The molecule has 1 unspecified atom stereocenters. The van der Waals surface area contributed by atoms with Crippen molar-refractivity contribution >= 4 is 11.7 Å². The molecule has 98 valence electrons. The van der Waals surface area contributed by atoms with E-state index in [9.17, 15) is 14.9 Å². The number of rotatable bonds is 6. The second-order valence-corrected chi connectivity index (χ2v) is 3.85. The molecule has 0 aliphatic carbocycles. The maximum absolute atomic E-state index is 10.9. The maximum atomic E-state index is 10.9. The number of esters is 1. The number of hydrogen-bond donors (Lipinski definition) is 1. The highest BCUT2D eigenvalue weighted by molar-refractivity contribution is 5.69. The molecule has 1 aromatic rings. The van der Waals surface area contributed by atoms with Crippen LogP contribution in [0.5, 0.6) is 0 Å². The van der Waals surface area contributed by atoms with Gasteiger partial charge in [-0.25, -0.2) is 0 Å². The van der Waals surface area contributed by atoms with Crippen molar-refractivity contribution in [2.45, 2.75) is 19.4 Å². The molecule has 0 radical (unpaired) electrons. The smallest absolute Gasteiger partial charge is 0.306 e. The zero-order valence-corrected chi connectivity index (χ0v) is 10.4. The Balaban J connectivity index is 2.56. The van der Waals surface area contributed by atoms with Gasteiger partial charge in [0.25, 0.3) is 5.69 Å². The molecule has 0 saturated heterocycles. The predicted octanol–water partition coefficient (Wildman–Crippen LogP) is 1.81. The lowest BCUT2D eigenvalue weighted by molar-refractivity contribution is -0.384. The second-order valence-electron chi connectivity index (χ2n) is 3.85. The molecule has 0 aliphatic rings. The molecule has 0 amide bonds. The Morgan fingerprint density at radius 3 is 2.89 bits per heavy atom. The molecule has 6 nitrogen and oxygen atoms in total. The number of benzene rings is 1. The molecular weight excluding hydrogens is 236 g/mol. The van der Waals surface area contributed by atoms with Gasteiger partial charge in [-0.2, -0.15) is 0 Å². The first-order valence-corrected chi connectivity index (χ1v) is 5.59. The van der Waals surface area contributed by atoms with Crippen LogP contribution in [0.4, 0.5) is 5.69 Å². The van der Waals surface area contributed by atoms with E-state index in [-0.39, 0.29) is 24.1 Å². The molecule has 6 heteroatoms. The number of nitrogens with one attached hydrogen (secondary N) is 1. The van der Waals surface area contributed by atoms with Crippen LogP contribution in [0, 0.1) is 10.1 Å². The lowest BCUT2D eigenvalue weighted by atomic mass is 10.1. The van der Waals surface area contributed by atoms with Crippen molar-refractivity contribution in [3.8, 4) is 0 Å². The molecule has 1 atom stereocenters. The van der Waals surface area contributed by atoms with Gasteiger partial charge >= 0.3 is 5.97 Å². The highest BCUT2D eigenvalue weighted by Gasteiger charge is 2.10. The molecule has 0 saturated carbocycles. The summed E-state index contributed by atoms with van der Waals surface area (Å²) < 4.78 is 4.52. The number of nitro groups is 1. The van der Waals surface area contributed by atoms with Crippen molar-refractivity contribution in [3.05, 3.63) is 39.9 Å². The number of methoxy groups -OCH3 is 1. The monoisotopic (exact) mass is 252 g/mol. The molecular formula is C12H16N2O4. The van der Waals surface area contributed by atoms with Crippen molar-refractivity contribution in [1.82, 2.24) is 5.32 Å². The minimum Gasteiger partial charge on any atom is -0.469 e. The van der Waals surface area contributed by atoms with Gasteiger partial charge in [-0.05, 0) is 12.5 Å². The summed E-state index contributed by atoms with van der Waals surface area (Å²) in [6.07, 6.45) is 0.274. The van der Waals surface area contributed by atoms with Gasteiger partial charge in [0, 0.05) is 24.7 Å². The van der Waals surface area contributed by atoms with E-state index in [0.29, 0.717) is 6.54 Å². The first kappa shape index (κ1) is 14.1. The number of ether oxygens (including phenoxy) is 1. The number of hydrogen-bond acceptors (Lipinski definition) is 5. The predicted molar refractivity (Wildman–Crippen MR) is 66.1 cm³/mol. The molecule has 18 heavy (non-hydrogen) atoms. The van der Waals surface area contributed by atoms with E-state index in [1.807, 2.05) is 13.0 Å². The lowest BCUT2D eigenvalue weighted by Crippen LogP contribution is -2.22. The Labute approximate surface area is 105 Å². The standard InChI is InChI=1S/C12H16N2O4/c1-9(13-7-6-12(15)18-2)10-4-3-5-11(8-10)14(16)17/h3-5,8-9,13H,6-7H2,1-2H3. The van der Waals surface area contributed by atoms with Crippen LogP contribution in [0.1, 0.15) is 24.9 Å². The fourth-order valence-electron chi connectivity index (χ4n) is 1.52. The Hall–Kier alpha value is -1.95. The highest BCUT2D eigenvalue weighted by atomic mass is 16.6. The molecule has 0 bridgehead atoms. The molecule has 0 heterocycles. The number of nitrogens with zero attached hydrogens (tertiary/aromatic N) is 1. The summed E-state index contributed by atoms with van der Waals surface area (Å²) in [5.74, 6) is -0.284. The number of carbonyl (C=O) groups excluding carboxylic acids is 1. The van der Waals surface area contributed by atoms with Crippen molar-refractivity contribution < 1.29 is 14.5 Å². The van der Waals surface area contributed by atoms with Gasteiger partial charge in [-0.3, -0.25) is 14.9 Å². The largest absolute Gasteiger partial charge is 0.469 e. The topological polar surface area (TPSA) is 81.5 Å². The summed E-state index contributed by atoms with van der Waals surface area (Å²) in [4.78, 5) is 21.1. The summed E-state index contributed by atoms with van der Waals surface area (Å²) in [6, 6.07) is 6.37. The van der Waals surface area contributed by atoms with Gasteiger partial charge in [-0.1, -0.05) is 12.1 Å². The van der Waals surface area contributed by atoms with E-state index in [1.165, 1.54) is 19.2 Å². The number of non-ortho nitro benzene ring substituents is 1. The van der Waals surface area contributed by atoms with E-state index < -0.39 is 4.92 Å². The maximum Gasteiger partial charge on any atom is 0.306 e. The summed E-state index contributed by atoms with van der Waals surface area (Å²) >= 11 is 0. The van der Waals surface area contributed by atoms with E-state index in [4.69, 9.17) is 0 Å². The minimum absolute atomic E-state index is 0.0606. The Bertz CT molecular complexity index is 434. The fraction of sp³-hybridized carbons (Fsp3) is 0.417. The number of carbonyl (C=O) groups is 1. The summed E-state index contributed by atoms with van der Waals surface area (Å²) in [7, 11) is 1.34. The highest BCUT2D eigenvalue weighted by Crippen LogP contribution is 2.18. The summed E-state index contributed by atoms with van der Waals surface area (Å²) in [5, 5.41) is 13.7. The van der Waals surface area contributed by atoms with Gasteiger partial charge in [-0.15, -0.1) is 0 Å². The molecule has 1 rings (SSSR count). The van der Waals surface area contributed by atoms with Crippen LogP contribution in [-0.4, -0.2) is 24.5 Å². The second kappa shape index (κ2) is 6.70. The van der Waals surface area contributed by atoms with Gasteiger partial charge in [0.2, 0.25) is 0 Å². The average molecular weight is 252 g/mol. The molecule has 0 aliphatic heterocycles. The van der Waals surface area contributed by atoms with Gasteiger partial charge < -0.3 is 10.1 Å². The first-order chi connectivity index (χ1) is 8.54. The molecule has 0 fully saturated rings. The van der Waals surface area contributed by atoms with Crippen LogP contribution in [0.2, 0.25) is 0 Å². The Morgan fingerprint density at radius 1 is 1.56 bits per heavy atom. The third-order valence-corrected chi connectivity index (χ3v) is 2.59. The van der Waals surface area contributed by atoms with E-state index in [1.54, 1.807) is 6.07 Å².